The fraction of sp³-hybridized carbons (Fsp3) is 0. The van der Waals surface area contributed by atoms with Gasteiger partial charge in [-0.15, -0.1) is 0 Å². The molecule has 98 valence electrons. The van der Waals surface area contributed by atoms with Crippen molar-refractivity contribution in [2.24, 2.45) is 4.40 Å². The molecule has 0 N–H and O–H groups in total. The van der Waals surface area contributed by atoms with Gasteiger partial charge in [0.25, 0.3) is 10.0 Å². The van der Waals surface area contributed by atoms with Gasteiger partial charge >= 0.3 is 0 Å². The first-order chi connectivity index (χ1) is 8.99. The second-order valence-electron chi connectivity index (χ2n) is 3.70. The van der Waals surface area contributed by atoms with Crippen LogP contribution in [-0.4, -0.2) is 14.6 Å². The van der Waals surface area contributed by atoms with Crippen molar-refractivity contribution in [1.29, 1.82) is 0 Å². The van der Waals surface area contributed by atoms with E-state index in [2.05, 4.69) is 20.3 Å². The van der Waals surface area contributed by atoms with Gasteiger partial charge in [-0.25, -0.2) is 4.39 Å². The van der Waals surface area contributed by atoms with E-state index >= 15 is 0 Å². The molecular formula is C13H9BrFNO2S. The van der Waals surface area contributed by atoms with Crippen LogP contribution >= 0.6 is 15.9 Å². The molecule has 2 aromatic carbocycles. The standard InChI is InChI=1S/C13H9BrFNO2S/c14-12-6-1-2-7-13(12)19(17,18)16-9-10-4-3-5-11(15)8-10/h1-9H. The predicted molar refractivity (Wildman–Crippen MR) is 75.3 cm³/mol. The summed E-state index contributed by atoms with van der Waals surface area (Å²) in [5, 5.41) is 0. The van der Waals surface area contributed by atoms with Crippen molar-refractivity contribution < 1.29 is 12.8 Å². The summed E-state index contributed by atoms with van der Waals surface area (Å²) >= 11 is 3.16. The third kappa shape index (κ3) is 3.48. The van der Waals surface area contributed by atoms with Gasteiger partial charge in [-0.1, -0.05) is 24.3 Å². The van der Waals surface area contributed by atoms with Crippen molar-refractivity contribution in [2.75, 3.05) is 0 Å². The van der Waals surface area contributed by atoms with E-state index in [0.29, 0.717) is 10.0 Å². The van der Waals surface area contributed by atoms with E-state index in [0.717, 1.165) is 6.21 Å². The highest BCUT2D eigenvalue weighted by Gasteiger charge is 2.14. The molecule has 0 aliphatic heterocycles. The maximum atomic E-state index is 13.0. The molecule has 6 heteroatoms. The van der Waals surface area contributed by atoms with Crippen molar-refractivity contribution in [1.82, 2.24) is 0 Å². The Bertz CT molecular complexity index is 729. The van der Waals surface area contributed by atoms with Gasteiger partial charge < -0.3 is 0 Å². The molecule has 0 atom stereocenters. The van der Waals surface area contributed by atoms with Gasteiger partial charge in [0, 0.05) is 10.7 Å². The van der Waals surface area contributed by atoms with Crippen LogP contribution in [0.3, 0.4) is 0 Å². The Kier molecular flexibility index (Phi) is 4.11. The number of hydrogen-bond donors (Lipinski definition) is 0. The Labute approximate surface area is 119 Å². The zero-order chi connectivity index (χ0) is 13.9. The quantitative estimate of drug-likeness (QED) is 0.803. The van der Waals surface area contributed by atoms with Crippen LogP contribution in [0.5, 0.6) is 0 Å². The number of sulfonamides is 1. The lowest BCUT2D eigenvalue weighted by molar-refractivity contribution is 0.597. The van der Waals surface area contributed by atoms with Crippen LogP contribution in [0.4, 0.5) is 4.39 Å². The molecule has 0 aliphatic rings. The molecule has 0 spiro atoms. The minimum absolute atomic E-state index is 0.0719. The third-order valence-electron chi connectivity index (χ3n) is 2.30. The summed E-state index contributed by atoms with van der Waals surface area (Å²) < 4.78 is 40.9. The highest BCUT2D eigenvalue weighted by Crippen LogP contribution is 2.22. The van der Waals surface area contributed by atoms with Gasteiger partial charge in [0.1, 0.15) is 10.7 Å². The van der Waals surface area contributed by atoms with Crippen molar-refractivity contribution in [3.05, 3.63) is 64.4 Å². The van der Waals surface area contributed by atoms with E-state index in [1.807, 2.05) is 0 Å². The Morgan fingerprint density at radius 2 is 1.84 bits per heavy atom. The third-order valence-corrected chi connectivity index (χ3v) is 4.55. The van der Waals surface area contributed by atoms with Crippen LogP contribution < -0.4 is 0 Å². The normalized spacial score (nSPS) is 11.9. The molecule has 0 aliphatic carbocycles. The van der Waals surface area contributed by atoms with Crippen LogP contribution in [0, 0.1) is 5.82 Å². The molecule has 0 radical (unpaired) electrons. The van der Waals surface area contributed by atoms with Gasteiger partial charge in [-0.2, -0.15) is 12.8 Å². The van der Waals surface area contributed by atoms with Crippen LogP contribution in [0.2, 0.25) is 0 Å². The molecular weight excluding hydrogens is 333 g/mol. The van der Waals surface area contributed by atoms with E-state index in [4.69, 9.17) is 0 Å². The number of nitrogens with zero attached hydrogens (tertiary/aromatic N) is 1. The van der Waals surface area contributed by atoms with E-state index in [1.165, 1.54) is 24.3 Å². The van der Waals surface area contributed by atoms with Gasteiger partial charge in [0.2, 0.25) is 0 Å². The van der Waals surface area contributed by atoms with Crippen LogP contribution in [0.1, 0.15) is 5.56 Å². The first-order valence-corrected chi connectivity index (χ1v) is 7.53. The second-order valence-corrected chi connectivity index (χ2v) is 6.15. The molecule has 0 amide bonds. The lowest BCUT2D eigenvalue weighted by Gasteiger charge is -2.01. The lowest BCUT2D eigenvalue weighted by Crippen LogP contribution is -1.98. The van der Waals surface area contributed by atoms with E-state index < -0.39 is 15.8 Å². The fourth-order valence-electron chi connectivity index (χ4n) is 1.43. The molecule has 0 heterocycles. The summed E-state index contributed by atoms with van der Waals surface area (Å²) in [5.74, 6) is -0.442. The molecule has 0 bridgehead atoms. The number of halogens is 2. The second kappa shape index (κ2) is 5.63. The zero-order valence-electron chi connectivity index (χ0n) is 9.62. The molecule has 0 saturated heterocycles. The predicted octanol–water partition coefficient (Wildman–Crippen LogP) is 3.40. The molecule has 3 nitrogen and oxygen atoms in total. The Morgan fingerprint density at radius 3 is 2.53 bits per heavy atom. The topological polar surface area (TPSA) is 46.5 Å². The van der Waals surface area contributed by atoms with Gasteiger partial charge in [-0.05, 0) is 45.8 Å². The number of rotatable bonds is 3. The fourth-order valence-corrected chi connectivity index (χ4v) is 3.27. The Balaban J connectivity index is 2.35. The molecule has 2 rings (SSSR count). The molecule has 0 unspecified atom stereocenters. The van der Waals surface area contributed by atoms with Crippen LogP contribution in [0.15, 0.2) is 62.3 Å². The molecule has 0 saturated carbocycles. The maximum absolute atomic E-state index is 13.0. The van der Waals surface area contributed by atoms with E-state index in [-0.39, 0.29) is 4.90 Å². The lowest BCUT2D eigenvalue weighted by atomic mass is 10.2. The molecule has 19 heavy (non-hydrogen) atoms. The first kappa shape index (κ1) is 13.9. The summed E-state index contributed by atoms with van der Waals surface area (Å²) in [6.45, 7) is 0. The minimum Gasteiger partial charge on any atom is -0.207 e. The average Bonchev–Trinajstić information content (AvgIpc) is 2.37. The van der Waals surface area contributed by atoms with E-state index in [9.17, 15) is 12.8 Å². The summed E-state index contributed by atoms with van der Waals surface area (Å²) in [5.41, 5.74) is 0.385. The minimum atomic E-state index is -3.80. The summed E-state index contributed by atoms with van der Waals surface area (Å²) in [6, 6.07) is 11.9. The number of hydrogen-bond acceptors (Lipinski definition) is 2. The van der Waals surface area contributed by atoms with Gasteiger partial charge in [0.05, 0.1) is 0 Å². The molecule has 2 aromatic rings. The Morgan fingerprint density at radius 1 is 1.11 bits per heavy atom. The maximum Gasteiger partial charge on any atom is 0.283 e. The molecule has 0 fully saturated rings. The van der Waals surface area contributed by atoms with E-state index in [1.54, 1.807) is 24.3 Å². The summed E-state index contributed by atoms with van der Waals surface area (Å²) in [4.78, 5) is 0.0719. The zero-order valence-corrected chi connectivity index (χ0v) is 12.0. The average molecular weight is 342 g/mol. The number of benzene rings is 2. The first-order valence-electron chi connectivity index (χ1n) is 5.29. The Hall–Kier alpha value is -1.53. The summed E-state index contributed by atoms with van der Waals surface area (Å²) in [7, 11) is -3.80. The largest absolute Gasteiger partial charge is 0.283 e. The van der Waals surface area contributed by atoms with Crippen LogP contribution in [-0.2, 0) is 10.0 Å². The van der Waals surface area contributed by atoms with Gasteiger partial charge in [0.15, 0.2) is 0 Å². The van der Waals surface area contributed by atoms with Crippen molar-refractivity contribution in [3.8, 4) is 0 Å². The highest BCUT2D eigenvalue weighted by atomic mass is 79.9. The van der Waals surface area contributed by atoms with Crippen LogP contribution in [0.25, 0.3) is 0 Å². The summed E-state index contributed by atoms with van der Waals surface area (Å²) in [6.07, 6.45) is 1.12. The molecule has 0 aromatic heterocycles. The van der Waals surface area contributed by atoms with Crippen molar-refractivity contribution in [3.63, 3.8) is 0 Å². The monoisotopic (exact) mass is 341 g/mol. The van der Waals surface area contributed by atoms with Crippen molar-refractivity contribution in [2.45, 2.75) is 4.90 Å². The SMILES string of the molecule is O=S(=O)(N=Cc1cccc(F)c1)c1ccccc1Br. The van der Waals surface area contributed by atoms with Crippen molar-refractivity contribution >= 4 is 32.2 Å². The smallest absolute Gasteiger partial charge is 0.207 e. The van der Waals surface area contributed by atoms with Gasteiger partial charge in [-0.3, -0.25) is 0 Å². The highest BCUT2D eigenvalue weighted by molar-refractivity contribution is 9.10.